The molecular formula is C12H22N2O6. The monoisotopic (exact) mass is 290 g/mol. The van der Waals surface area contributed by atoms with Gasteiger partial charge >= 0.3 is 18.0 Å². The molecule has 0 aromatic rings. The van der Waals surface area contributed by atoms with Gasteiger partial charge in [0.1, 0.15) is 12.1 Å². The Morgan fingerprint density at radius 2 is 1.90 bits per heavy atom. The zero-order valence-corrected chi connectivity index (χ0v) is 12.0. The van der Waals surface area contributed by atoms with E-state index in [4.69, 9.17) is 14.6 Å². The molecule has 0 bridgehead atoms. The summed E-state index contributed by atoms with van der Waals surface area (Å²) in [4.78, 5) is 33.9. The molecule has 0 aromatic carbocycles. The number of esters is 1. The lowest BCUT2D eigenvalue weighted by molar-refractivity contribution is -0.144. The molecule has 8 heteroatoms. The van der Waals surface area contributed by atoms with Gasteiger partial charge in [-0.15, -0.1) is 0 Å². The molecule has 0 radical (unpaired) electrons. The molecule has 2 unspecified atom stereocenters. The second kappa shape index (κ2) is 10.0. The SMILES string of the molecule is CCOC(=O)C(C)NC(=O)NC(CCCOC)C(=O)O. The van der Waals surface area contributed by atoms with E-state index < -0.39 is 30.1 Å². The van der Waals surface area contributed by atoms with Crippen LogP contribution in [0.25, 0.3) is 0 Å². The molecule has 2 atom stereocenters. The number of carbonyl (C=O) groups excluding carboxylic acids is 2. The van der Waals surface area contributed by atoms with Crippen LogP contribution in [-0.2, 0) is 19.1 Å². The van der Waals surface area contributed by atoms with Crippen molar-refractivity contribution in [1.29, 1.82) is 0 Å². The highest BCUT2D eigenvalue weighted by molar-refractivity contribution is 5.86. The van der Waals surface area contributed by atoms with Gasteiger partial charge in [-0.05, 0) is 26.7 Å². The van der Waals surface area contributed by atoms with Crippen molar-refractivity contribution < 1.29 is 29.0 Å². The van der Waals surface area contributed by atoms with Crippen molar-refractivity contribution in [3.63, 3.8) is 0 Å². The first kappa shape index (κ1) is 18.2. The predicted molar refractivity (Wildman–Crippen MR) is 70.3 cm³/mol. The van der Waals surface area contributed by atoms with E-state index >= 15 is 0 Å². The van der Waals surface area contributed by atoms with Crippen LogP contribution in [0.3, 0.4) is 0 Å². The first-order valence-corrected chi connectivity index (χ1v) is 6.37. The molecule has 0 aliphatic heterocycles. The average Bonchev–Trinajstić information content (AvgIpc) is 2.37. The minimum absolute atomic E-state index is 0.210. The highest BCUT2D eigenvalue weighted by Gasteiger charge is 2.22. The topological polar surface area (TPSA) is 114 Å². The van der Waals surface area contributed by atoms with Gasteiger partial charge in [0.05, 0.1) is 6.61 Å². The van der Waals surface area contributed by atoms with Crippen LogP contribution in [0.1, 0.15) is 26.7 Å². The van der Waals surface area contributed by atoms with E-state index in [0.717, 1.165) is 0 Å². The summed E-state index contributed by atoms with van der Waals surface area (Å²) < 4.78 is 9.54. The fourth-order valence-electron chi connectivity index (χ4n) is 1.41. The van der Waals surface area contributed by atoms with Crippen LogP contribution in [0, 0.1) is 0 Å². The highest BCUT2D eigenvalue weighted by Crippen LogP contribution is 1.98. The van der Waals surface area contributed by atoms with Crippen LogP contribution in [0.15, 0.2) is 0 Å². The third-order valence-corrected chi connectivity index (χ3v) is 2.43. The second-order valence-electron chi connectivity index (χ2n) is 4.12. The minimum Gasteiger partial charge on any atom is -0.480 e. The van der Waals surface area contributed by atoms with Crippen LogP contribution >= 0.6 is 0 Å². The summed E-state index contributed by atoms with van der Waals surface area (Å²) in [5.41, 5.74) is 0. The predicted octanol–water partition coefficient (Wildman–Crippen LogP) is 0.117. The first-order chi connectivity index (χ1) is 9.42. The molecule has 116 valence electrons. The van der Waals surface area contributed by atoms with E-state index in [1.807, 2.05) is 0 Å². The molecule has 20 heavy (non-hydrogen) atoms. The Hall–Kier alpha value is -1.83. The number of ether oxygens (including phenoxy) is 2. The van der Waals surface area contributed by atoms with Gasteiger partial charge in [0.15, 0.2) is 0 Å². The lowest BCUT2D eigenvalue weighted by Crippen LogP contribution is -2.50. The zero-order chi connectivity index (χ0) is 15.5. The van der Waals surface area contributed by atoms with Gasteiger partial charge in [0.25, 0.3) is 0 Å². The van der Waals surface area contributed by atoms with E-state index in [-0.39, 0.29) is 13.0 Å². The van der Waals surface area contributed by atoms with Gasteiger partial charge in [-0.3, -0.25) is 0 Å². The average molecular weight is 290 g/mol. The third-order valence-electron chi connectivity index (χ3n) is 2.43. The van der Waals surface area contributed by atoms with Crippen LogP contribution in [0.4, 0.5) is 4.79 Å². The zero-order valence-electron chi connectivity index (χ0n) is 12.0. The number of nitrogens with one attached hydrogen (secondary N) is 2. The smallest absolute Gasteiger partial charge is 0.328 e. The second-order valence-corrected chi connectivity index (χ2v) is 4.12. The maximum atomic E-state index is 11.6. The Morgan fingerprint density at radius 1 is 1.25 bits per heavy atom. The van der Waals surface area contributed by atoms with Crippen LogP contribution in [-0.4, -0.2) is 55.5 Å². The van der Waals surface area contributed by atoms with Crippen LogP contribution in [0.5, 0.6) is 0 Å². The molecule has 3 N–H and O–H groups in total. The van der Waals surface area contributed by atoms with Gasteiger partial charge in [-0.25, -0.2) is 14.4 Å². The number of carboxylic acids is 1. The van der Waals surface area contributed by atoms with Gasteiger partial charge < -0.3 is 25.2 Å². The lowest BCUT2D eigenvalue weighted by Gasteiger charge is -2.17. The van der Waals surface area contributed by atoms with Crippen LogP contribution < -0.4 is 10.6 Å². The van der Waals surface area contributed by atoms with Crippen LogP contribution in [0.2, 0.25) is 0 Å². The van der Waals surface area contributed by atoms with Crippen molar-refractivity contribution in [3.05, 3.63) is 0 Å². The Kier molecular flexibility index (Phi) is 9.10. The fraction of sp³-hybridized carbons (Fsp3) is 0.750. The van der Waals surface area contributed by atoms with Crippen molar-refractivity contribution in [2.75, 3.05) is 20.3 Å². The molecule has 0 spiro atoms. The van der Waals surface area contributed by atoms with E-state index in [2.05, 4.69) is 10.6 Å². The number of methoxy groups -OCH3 is 1. The number of hydrogen-bond acceptors (Lipinski definition) is 5. The van der Waals surface area contributed by atoms with E-state index in [0.29, 0.717) is 13.0 Å². The maximum absolute atomic E-state index is 11.6. The van der Waals surface area contributed by atoms with Gasteiger partial charge in [0.2, 0.25) is 0 Å². The molecule has 0 saturated carbocycles. The van der Waals surface area contributed by atoms with E-state index in [1.165, 1.54) is 14.0 Å². The summed E-state index contributed by atoms with van der Waals surface area (Å²) in [6.07, 6.45) is 0.742. The quantitative estimate of drug-likeness (QED) is 0.410. The normalized spacial score (nSPS) is 13.2. The molecule has 0 rings (SSSR count). The Labute approximate surface area is 117 Å². The summed E-state index contributed by atoms with van der Waals surface area (Å²) in [5.74, 6) is -1.71. The summed E-state index contributed by atoms with van der Waals surface area (Å²) in [6.45, 7) is 3.73. The first-order valence-electron chi connectivity index (χ1n) is 6.37. The van der Waals surface area contributed by atoms with Crippen molar-refractivity contribution in [3.8, 4) is 0 Å². The lowest BCUT2D eigenvalue weighted by atomic mass is 10.1. The number of aliphatic carboxylic acids is 1. The molecular weight excluding hydrogens is 268 g/mol. The fourth-order valence-corrected chi connectivity index (χ4v) is 1.41. The number of carboxylic acid groups (broad SMARTS) is 1. The van der Waals surface area contributed by atoms with Gasteiger partial charge in [-0.2, -0.15) is 0 Å². The van der Waals surface area contributed by atoms with Crippen molar-refractivity contribution in [1.82, 2.24) is 10.6 Å². The summed E-state index contributed by atoms with van der Waals surface area (Å²) >= 11 is 0. The summed E-state index contributed by atoms with van der Waals surface area (Å²) in [6, 6.07) is -2.60. The Balaban J connectivity index is 4.25. The highest BCUT2D eigenvalue weighted by atomic mass is 16.5. The number of urea groups is 1. The molecule has 0 aromatic heterocycles. The standard InChI is InChI=1S/C12H22N2O6/c1-4-20-11(17)8(2)13-12(18)14-9(10(15)16)6-5-7-19-3/h8-9H,4-7H2,1-3H3,(H,15,16)(H2,13,14,18). The molecule has 0 fully saturated rings. The number of carbonyl (C=O) groups is 3. The van der Waals surface area contributed by atoms with Gasteiger partial charge in [-0.1, -0.05) is 0 Å². The molecule has 0 saturated heterocycles. The summed E-state index contributed by atoms with van der Waals surface area (Å²) in [7, 11) is 1.51. The molecule has 0 heterocycles. The molecule has 0 aliphatic carbocycles. The van der Waals surface area contributed by atoms with Crippen molar-refractivity contribution in [2.24, 2.45) is 0 Å². The molecule has 8 nitrogen and oxygen atoms in total. The third kappa shape index (κ3) is 7.57. The minimum atomic E-state index is -1.14. The van der Waals surface area contributed by atoms with E-state index in [9.17, 15) is 14.4 Å². The number of hydrogen-bond donors (Lipinski definition) is 3. The largest absolute Gasteiger partial charge is 0.480 e. The number of rotatable bonds is 9. The van der Waals surface area contributed by atoms with Crippen molar-refractivity contribution in [2.45, 2.75) is 38.8 Å². The number of amides is 2. The van der Waals surface area contributed by atoms with E-state index in [1.54, 1.807) is 6.92 Å². The summed E-state index contributed by atoms with van der Waals surface area (Å²) in [5, 5.41) is 13.6. The Bertz CT molecular complexity index is 334. The maximum Gasteiger partial charge on any atom is 0.328 e. The van der Waals surface area contributed by atoms with Crippen molar-refractivity contribution >= 4 is 18.0 Å². The molecule has 2 amide bonds. The van der Waals surface area contributed by atoms with Gasteiger partial charge in [0, 0.05) is 13.7 Å². The Morgan fingerprint density at radius 3 is 2.40 bits per heavy atom. The molecule has 0 aliphatic rings.